The van der Waals surface area contributed by atoms with E-state index in [0.29, 0.717) is 6.61 Å². The lowest BCUT2D eigenvalue weighted by atomic mass is 9.82. The summed E-state index contributed by atoms with van der Waals surface area (Å²) in [7, 11) is 0. The van der Waals surface area contributed by atoms with Crippen molar-refractivity contribution in [2.45, 2.75) is 46.0 Å². The van der Waals surface area contributed by atoms with Crippen LogP contribution in [0.3, 0.4) is 0 Å². The Morgan fingerprint density at radius 1 is 1.53 bits per heavy atom. The molecule has 0 heterocycles. The number of hydrogen-bond acceptors (Lipinski definition) is 1. The molecule has 15 heavy (non-hydrogen) atoms. The minimum Gasteiger partial charge on any atom is -0.396 e. The molecule has 0 amide bonds. The molecule has 1 N–H and O–H groups in total. The first kappa shape index (κ1) is 12.5. The maximum atomic E-state index is 8.65. The fourth-order valence-electron chi connectivity index (χ4n) is 2.08. The van der Waals surface area contributed by atoms with E-state index in [1.807, 2.05) is 0 Å². The quantitative estimate of drug-likeness (QED) is 0.683. The zero-order valence-corrected chi connectivity index (χ0v) is 10.1. The Labute approximate surface area is 93.9 Å². The summed E-state index contributed by atoms with van der Waals surface area (Å²) in [6.07, 6.45) is 12.5. The third-order valence-electron chi connectivity index (χ3n) is 3.29. The molecule has 0 aromatic carbocycles. The van der Waals surface area contributed by atoms with Gasteiger partial charge in [-0.15, -0.1) is 0 Å². The fraction of sp³-hybridized carbons (Fsp3) is 0.714. The van der Waals surface area contributed by atoms with E-state index in [2.05, 4.69) is 32.1 Å². The van der Waals surface area contributed by atoms with Gasteiger partial charge >= 0.3 is 0 Å². The number of unbranched alkanes of at least 4 members (excludes halogenated alkanes) is 1. The highest BCUT2D eigenvalue weighted by atomic mass is 16.2. The normalized spacial score (nSPS) is 22.4. The zero-order chi connectivity index (χ0) is 11.1. The zero-order valence-electron chi connectivity index (χ0n) is 10.1. The van der Waals surface area contributed by atoms with Gasteiger partial charge in [0, 0.05) is 6.61 Å². The SMILES string of the molecule is CC(C)C1CC=C(C=CCCCO)CC1. The van der Waals surface area contributed by atoms with Crippen LogP contribution in [0.15, 0.2) is 23.8 Å². The lowest BCUT2D eigenvalue weighted by Crippen LogP contribution is -2.11. The van der Waals surface area contributed by atoms with E-state index in [-0.39, 0.29) is 0 Å². The Morgan fingerprint density at radius 3 is 2.87 bits per heavy atom. The maximum Gasteiger partial charge on any atom is 0.0433 e. The number of aliphatic hydroxyl groups excluding tert-OH is 1. The van der Waals surface area contributed by atoms with Crippen LogP contribution in [-0.2, 0) is 0 Å². The Bertz CT molecular complexity index is 225. The predicted octanol–water partition coefficient (Wildman–Crippen LogP) is 3.70. The van der Waals surface area contributed by atoms with Crippen LogP contribution >= 0.6 is 0 Å². The van der Waals surface area contributed by atoms with Crippen LogP contribution in [0.25, 0.3) is 0 Å². The minimum absolute atomic E-state index is 0.304. The fourth-order valence-corrected chi connectivity index (χ4v) is 2.08. The second-order valence-corrected chi connectivity index (χ2v) is 4.83. The van der Waals surface area contributed by atoms with E-state index in [0.717, 1.165) is 24.7 Å². The lowest BCUT2D eigenvalue weighted by molar-refractivity contribution is 0.289. The molecule has 0 aliphatic heterocycles. The molecule has 0 fully saturated rings. The summed E-state index contributed by atoms with van der Waals surface area (Å²) in [5.41, 5.74) is 1.49. The van der Waals surface area contributed by atoms with Crippen LogP contribution in [0.4, 0.5) is 0 Å². The number of aliphatic hydroxyl groups is 1. The molecule has 0 aromatic heterocycles. The molecule has 1 heteroatoms. The Balaban J connectivity index is 2.30. The average Bonchev–Trinajstić information content (AvgIpc) is 2.25. The summed E-state index contributed by atoms with van der Waals surface area (Å²) in [4.78, 5) is 0. The summed E-state index contributed by atoms with van der Waals surface area (Å²) in [5.74, 6) is 1.71. The Hall–Kier alpha value is -0.560. The predicted molar refractivity (Wildman–Crippen MR) is 65.7 cm³/mol. The van der Waals surface area contributed by atoms with Gasteiger partial charge < -0.3 is 5.11 Å². The molecular weight excluding hydrogens is 184 g/mol. The second kappa shape index (κ2) is 6.84. The molecule has 1 atom stereocenters. The van der Waals surface area contributed by atoms with Crippen molar-refractivity contribution in [1.82, 2.24) is 0 Å². The van der Waals surface area contributed by atoms with Gasteiger partial charge in [-0.3, -0.25) is 0 Å². The van der Waals surface area contributed by atoms with Crippen molar-refractivity contribution in [2.24, 2.45) is 11.8 Å². The van der Waals surface area contributed by atoms with Crippen LogP contribution < -0.4 is 0 Å². The first-order chi connectivity index (χ1) is 7.24. The van der Waals surface area contributed by atoms with Gasteiger partial charge in [0.15, 0.2) is 0 Å². The number of rotatable bonds is 5. The monoisotopic (exact) mass is 208 g/mol. The molecule has 0 bridgehead atoms. The lowest BCUT2D eigenvalue weighted by Gasteiger charge is -2.23. The maximum absolute atomic E-state index is 8.65. The first-order valence-corrected chi connectivity index (χ1v) is 6.20. The molecule has 0 radical (unpaired) electrons. The van der Waals surface area contributed by atoms with Gasteiger partial charge in [-0.05, 0) is 43.9 Å². The molecule has 1 aliphatic carbocycles. The van der Waals surface area contributed by atoms with Crippen molar-refractivity contribution in [3.63, 3.8) is 0 Å². The highest BCUT2D eigenvalue weighted by Gasteiger charge is 2.15. The smallest absolute Gasteiger partial charge is 0.0433 e. The van der Waals surface area contributed by atoms with E-state index < -0.39 is 0 Å². The Kier molecular flexibility index (Phi) is 5.70. The van der Waals surface area contributed by atoms with Crippen molar-refractivity contribution < 1.29 is 5.11 Å². The third-order valence-corrected chi connectivity index (χ3v) is 3.29. The van der Waals surface area contributed by atoms with Gasteiger partial charge in [0.2, 0.25) is 0 Å². The van der Waals surface area contributed by atoms with E-state index >= 15 is 0 Å². The third kappa shape index (κ3) is 4.65. The summed E-state index contributed by atoms with van der Waals surface area (Å²) in [5, 5.41) is 8.65. The summed E-state index contributed by atoms with van der Waals surface area (Å²) in [6, 6.07) is 0. The van der Waals surface area contributed by atoms with E-state index in [1.165, 1.54) is 24.8 Å². The van der Waals surface area contributed by atoms with E-state index in [4.69, 9.17) is 5.11 Å². The van der Waals surface area contributed by atoms with Gasteiger partial charge in [0.05, 0.1) is 0 Å². The first-order valence-electron chi connectivity index (χ1n) is 6.20. The largest absolute Gasteiger partial charge is 0.396 e. The molecule has 1 rings (SSSR count). The van der Waals surface area contributed by atoms with Gasteiger partial charge in [-0.1, -0.05) is 37.6 Å². The van der Waals surface area contributed by atoms with Crippen LogP contribution in [0.2, 0.25) is 0 Å². The minimum atomic E-state index is 0.304. The van der Waals surface area contributed by atoms with Crippen LogP contribution in [0.1, 0.15) is 46.0 Å². The Morgan fingerprint density at radius 2 is 2.33 bits per heavy atom. The highest BCUT2D eigenvalue weighted by Crippen LogP contribution is 2.29. The van der Waals surface area contributed by atoms with Gasteiger partial charge in [0.25, 0.3) is 0 Å². The van der Waals surface area contributed by atoms with Crippen LogP contribution in [0, 0.1) is 11.8 Å². The summed E-state index contributed by atoms with van der Waals surface area (Å²) in [6.45, 7) is 4.94. The molecule has 0 spiro atoms. The van der Waals surface area contributed by atoms with Gasteiger partial charge in [-0.25, -0.2) is 0 Å². The average molecular weight is 208 g/mol. The van der Waals surface area contributed by atoms with E-state index in [9.17, 15) is 0 Å². The number of allylic oxidation sites excluding steroid dienone is 4. The molecular formula is C14H24O. The molecule has 86 valence electrons. The molecule has 1 nitrogen and oxygen atoms in total. The molecule has 0 saturated carbocycles. The van der Waals surface area contributed by atoms with Gasteiger partial charge in [-0.2, -0.15) is 0 Å². The van der Waals surface area contributed by atoms with Crippen molar-refractivity contribution in [3.05, 3.63) is 23.8 Å². The van der Waals surface area contributed by atoms with E-state index in [1.54, 1.807) is 0 Å². The second-order valence-electron chi connectivity index (χ2n) is 4.83. The van der Waals surface area contributed by atoms with Crippen molar-refractivity contribution in [1.29, 1.82) is 0 Å². The molecule has 1 aliphatic rings. The topological polar surface area (TPSA) is 20.2 Å². The molecule has 1 unspecified atom stereocenters. The number of hydrogen-bond donors (Lipinski definition) is 1. The van der Waals surface area contributed by atoms with Crippen LogP contribution in [0.5, 0.6) is 0 Å². The van der Waals surface area contributed by atoms with Crippen LogP contribution in [-0.4, -0.2) is 11.7 Å². The standard InChI is InChI=1S/C14H24O/c1-12(2)14-9-7-13(8-10-14)6-4-3-5-11-15/h4,6-7,12,14-15H,3,5,8-11H2,1-2H3. The van der Waals surface area contributed by atoms with Gasteiger partial charge in [0.1, 0.15) is 0 Å². The van der Waals surface area contributed by atoms with Crippen molar-refractivity contribution in [2.75, 3.05) is 6.61 Å². The molecule has 0 saturated heterocycles. The van der Waals surface area contributed by atoms with Crippen molar-refractivity contribution >= 4 is 0 Å². The summed E-state index contributed by atoms with van der Waals surface area (Å²) >= 11 is 0. The summed E-state index contributed by atoms with van der Waals surface area (Å²) < 4.78 is 0. The van der Waals surface area contributed by atoms with Crippen molar-refractivity contribution in [3.8, 4) is 0 Å². The highest BCUT2D eigenvalue weighted by molar-refractivity contribution is 5.20. The molecule has 0 aromatic rings.